The van der Waals surface area contributed by atoms with E-state index in [1.165, 1.54) is 11.8 Å². The van der Waals surface area contributed by atoms with E-state index in [-0.39, 0.29) is 11.7 Å². The smallest absolute Gasteiger partial charge is 0.267 e. The molecule has 2 rings (SSSR count). The summed E-state index contributed by atoms with van der Waals surface area (Å²) in [6.07, 6.45) is 1.72. The van der Waals surface area contributed by atoms with Crippen LogP contribution in [0, 0.1) is 6.92 Å². The van der Waals surface area contributed by atoms with Crippen molar-refractivity contribution in [2.75, 3.05) is 0 Å². The summed E-state index contributed by atoms with van der Waals surface area (Å²) in [4.78, 5) is 20.6. The molecule has 6 nitrogen and oxygen atoms in total. The zero-order chi connectivity index (χ0) is 15.6. The summed E-state index contributed by atoms with van der Waals surface area (Å²) in [7, 11) is 0. The minimum atomic E-state index is -0.223. The molecule has 0 aliphatic rings. The molecule has 0 aliphatic heterocycles. The predicted molar refractivity (Wildman–Crippen MR) is 83.1 cm³/mol. The quantitative estimate of drug-likeness (QED) is 0.854. The molecule has 0 bridgehead atoms. The van der Waals surface area contributed by atoms with Gasteiger partial charge in [0.25, 0.3) is 0 Å². The van der Waals surface area contributed by atoms with E-state index in [0.717, 1.165) is 23.4 Å². The van der Waals surface area contributed by atoms with Crippen molar-refractivity contribution in [2.24, 2.45) is 0 Å². The lowest BCUT2D eigenvalue weighted by molar-refractivity contribution is 0.533. The van der Waals surface area contributed by atoms with Crippen molar-refractivity contribution in [1.29, 1.82) is 0 Å². The maximum Gasteiger partial charge on any atom is 0.344 e. The highest BCUT2D eigenvalue weighted by atomic mass is 35.5. The number of H-pyrrole nitrogens is 1. The number of hydrogen-bond acceptors (Lipinski definition) is 5. The Morgan fingerprint density at radius 3 is 2.71 bits per heavy atom. The summed E-state index contributed by atoms with van der Waals surface area (Å²) in [6, 6.07) is 0.0199. The molecule has 0 atom stereocenters. The summed E-state index contributed by atoms with van der Waals surface area (Å²) < 4.78 is 1.60. The van der Waals surface area contributed by atoms with Gasteiger partial charge in [0.1, 0.15) is 16.0 Å². The average Bonchev–Trinajstić information content (AvgIpc) is 2.77. The molecule has 0 unspecified atom stereocenters. The van der Waals surface area contributed by atoms with Gasteiger partial charge >= 0.3 is 5.69 Å². The van der Waals surface area contributed by atoms with Crippen LogP contribution in [0.3, 0.4) is 0 Å². The maximum atomic E-state index is 11.8. The monoisotopic (exact) mass is 327 g/mol. The number of rotatable bonds is 5. The Morgan fingerprint density at radius 2 is 2.10 bits per heavy atom. The van der Waals surface area contributed by atoms with Gasteiger partial charge in [-0.3, -0.25) is 4.57 Å². The van der Waals surface area contributed by atoms with Gasteiger partial charge in [0.05, 0.1) is 0 Å². The minimum Gasteiger partial charge on any atom is -0.267 e. The molecule has 0 aliphatic carbocycles. The van der Waals surface area contributed by atoms with Crippen LogP contribution in [0.4, 0.5) is 0 Å². The van der Waals surface area contributed by atoms with Crippen molar-refractivity contribution in [2.45, 2.75) is 56.8 Å². The third kappa shape index (κ3) is 3.47. The summed E-state index contributed by atoms with van der Waals surface area (Å²) in [5.74, 6) is 0.713. The first kappa shape index (κ1) is 16.0. The van der Waals surface area contributed by atoms with Gasteiger partial charge < -0.3 is 0 Å². The van der Waals surface area contributed by atoms with E-state index in [9.17, 15) is 4.79 Å². The van der Waals surface area contributed by atoms with E-state index in [0.29, 0.717) is 16.1 Å². The lowest BCUT2D eigenvalue weighted by atomic mass is 10.3. The normalized spacial score (nSPS) is 11.3. The van der Waals surface area contributed by atoms with Crippen molar-refractivity contribution in [3.8, 4) is 0 Å². The first-order chi connectivity index (χ1) is 9.93. The molecule has 0 aromatic carbocycles. The highest BCUT2D eigenvalue weighted by molar-refractivity contribution is 7.99. The van der Waals surface area contributed by atoms with Crippen LogP contribution in [-0.4, -0.2) is 24.7 Å². The first-order valence-corrected chi connectivity index (χ1v) is 8.01. The zero-order valence-electron chi connectivity index (χ0n) is 12.5. The fourth-order valence-corrected chi connectivity index (χ4v) is 3.15. The topological polar surface area (TPSA) is 76.5 Å². The van der Waals surface area contributed by atoms with Crippen LogP contribution in [-0.2, 0) is 6.42 Å². The highest BCUT2D eigenvalue weighted by Crippen LogP contribution is 2.30. The third-order valence-corrected chi connectivity index (χ3v) is 4.37. The van der Waals surface area contributed by atoms with E-state index >= 15 is 0 Å². The Bertz CT molecular complexity index is 694. The molecule has 2 aromatic rings. The lowest BCUT2D eigenvalue weighted by Crippen LogP contribution is -2.19. The third-order valence-electron chi connectivity index (χ3n) is 2.94. The average molecular weight is 328 g/mol. The van der Waals surface area contributed by atoms with E-state index < -0.39 is 0 Å². The van der Waals surface area contributed by atoms with E-state index in [4.69, 9.17) is 11.6 Å². The highest BCUT2D eigenvalue weighted by Gasteiger charge is 2.17. The maximum absolute atomic E-state index is 11.8. The number of aromatic nitrogens is 5. The Labute approximate surface area is 132 Å². The molecule has 114 valence electrons. The second-order valence-corrected chi connectivity index (χ2v) is 6.30. The molecule has 0 spiro atoms. The van der Waals surface area contributed by atoms with Crippen molar-refractivity contribution < 1.29 is 0 Å². The van der Waals surface area contributed by atoms with Gasteiger partial charge in [0.15, 0.2) is 5.16 Å². The first-order valence-electron chi connectivity index (χ1n) is 6.81. The molecule has 2 heterocycles. The molecule has 0 saturated carbocycles. The van der Waals surface area contributed by atoms with Gasteiger partial charge in [-0.05, 0) is 39.0 Å². The Kier molecular flexibility index (Phi) is 5.05. The van der Waals surface area contributed by atoms with Gasteiger partial charge in [0, 0.05) is 18.0 Å². The van der Waals surface area contributed by atoms with Crippen LogP contribution in [0.5, 0.6) is 0 Å². The summed E-state index contributed by atoms with van der Waals surface area (Å²) in [5.41, 5.74) is 0.575. The number of hydrogen-bond donors (Lipinski definition) is 1. The fraction of sp³-hybridized carbons (Fsp3) is 0.538. The Hall–Kier alpha value is -1.34. The molecule has 21 heavy (non-hydrogen) atoms. The standard InChI is InChI=1S/C13H18ClN5OS/c1-5-6-9-15-10(14)8(4)11(16-9)21-13-18-17-12(20)19(13)7(2)3/h7H,5-6H2,1-4H3,(H,17,20). The number of halogens is 1. The van der Waals surface area contributed by atoms with Crippen molar-refractivity contribution in [1.82, 2.24) is 24.7 Å². The molecule has 0 amide bonds. The van der Waals surface area contributed by atoms with Gasteiger partial charge in [0.2, 0.25) is 0 Å². The minimum absolute atomic E-state index is 0.0199. The zero-order valence-corrected chi connectivity index (χ0v) is 14.0. The molecule has 0 saturated heterocycles. The molecular formula is C13H18ClN5OS. The van der Waals surface area contributed by atoms with Gasteiger partial charge in [-0.2, -0.15) is 0 Å². The molecule has 2 aromatic heterocycles. The van der Waals surface area contributed by atoms with Crippen molar-refractivity contribution in [3.05, 3.63) is 27.0 Å². The van der Waals surface area contributed by atoms with Gasteiger partial charge in [-0.15, -0.1) is 5.10 Å². The fourth-order valence-electron chi connectivity index (χ4n) is 1.85. The summed E-state index contributed by atoms with van der Waals surface area (Å²) >= 11 is 7.50. The van der Waals surface area contributed by atoms with E-state index in [1.54, 1.807) is 4.57 Å². The van der Waals surface area contributed by atoms with Gasteiger partial charge in [-0.25, -0.2) is 19.9 Å². The largest absolute Gasteiger partial charge is 0.344 e. The molecule has 0 radical (unpaired) electrons. The van der Waals surface area contributed by atoms with E-state index in [2.05, 4.69) is 27.1 Å². The number of aryl methyl sites for hydroxylation is 1. The molecule has 8 heteroatoms. The second-order valence-electron chi connectivity index (χ2n) is 4.99. The van der Waals surface area contributed by atoms with Crippen LogP contribution in [0.1, 0.15) is 44.6 Å². The Morgan fingerprint density at radius 1 is 1.38 bits per heavy atom. The molecule has 1 N–H and O–H groups in total. The number of nitrogens with zero attached hydrogens (tertiary/aromatic N) is 4. The van der Waals surface area contributed by atoms with Crippen LogP contribution in [0.2, 0.25) is 5.15 Å². The van der Waals surface area contributed by atoms with Crippen LogP contribution >= 0.6 is 23.4 Å². The van der Waals surface area contributed by atoms with Crippen LogP contribution in [0.25, 0.3) is 0 Å². The number of nitrogens with one attached hydrogen (secondary N) is 1. The summed E-state index contributed by atoms with van der Waals surface area (Å²) in [5, 5.41) is 8.30. The SMILES string of the molecule is CCCc1nc(Cl)c(C)c(Sc2n[nH]c(=O)n2C(C)C)n1. The van der Waals surface area contributed by atoms with Crippen LogP contribution < -0.4 is 5.69 Å². The summed E-state index contributed by atoms with van der Waals surface area (Å²) in [6.45, 7) is 7.80. The molecular weight excluding hydrogens is 310 g/mol. The Balaban J connectivity index is 2.42. The predicted octanol–water partition coefficient (Wildman–Crippen LogP) is 3.01. The van der Waals surface area contributed by atoms with Crippen molar-refractivity contribution in [3.63, 3.8) is 0 Å². The van der Waals surface area contributed by atoms with Crippen molar-refractivity contribution >= 4 is 23.4 Å². The van der Waals surface area contributed by atoms with E-state index in [1.807, 2.05) is 20.8 Å². The number of aromatic amines is 1. The van der Waals surface area contributed by atoms with Crippen LogP contribution in [0.15, 0.2) is 15.0 Å². The second kappa shape index (κ2) is 6.62. The lowest BCUT2D eigenvalue weighted by Gasteiger charge is -2.10. The molecule has 0 fully saturated rings. The van der Waals surface area contributed by atoms with Gasteiger partial charge in [-0.1, -0.05) is 18.5 Å².